The Bertz CT molecular complexity index is 587. The largest absolute Gasteiger partial charge is 0.481 e. The van der Waals surface area contributed by atoms with E-state index < -0.39 is 12.1 Å². The van der Waals surface area contributed by atoms with Gasteiger partial charge in [-0.05, 0) is 18.2 Å². The lowest BCUT2D eigenvalue weighted by molar-refractivity contribution is -0.141. The summed E-state index contributed by atoms with van der Waals surface area (Å²) in [7, 11) is 1.52. The molecule has 7 nitrogen and oxygen atoms in total. The first-order valence-electron chi connectivity index (χ1n) is 6.96. The van der Waals surface area contributed by atoms with Crippen LogP contribution in [0.4, 0.5) is 0 Å². The Morgan fingerprint density at radius 3 is 2.77 bits per heavy atom. The number of amides is 2. The van der Waals surface area contributed by atoms with Crippen LogP contribution in [-0.4, -0.2) is 60.6 Å². The second-order valence-corrected chi connectivity index (χ2v) is 5.00. The number of nitrogens with one attached hydrogen (secondary N) is 1. The summed E-state index contributed by atoms with van der Waals surface area (Å²) in [5.41, 5.74) is 0.806. The van der Waals surface area contributed by atoms with Crippen LogP contribution in [-0.2, 0) is 9.53 Å². The fraction of sp³-hybridized carbons (Fsp3) is 0.400. The Hall–Kier alpha value is -2.41. The standard InChI is InChI=1S/C15H18N2O5/c1-16-14(20)10-3-2-4-11(7-10)15(21)17-5-6-22-12(9-17)8-13(18)19/h2-4,7,12H,5-6,8-9H2,1H3,(H,16,20)(H,18,19). The van der Waals surface area contributed by atoms with Crippen molar-refractivity contribution in [2.45, 2.75) is 12.5 Å². The first-order chi connectivity index (χ1) is 10.5. The third-order valence-corrected chi connectivity index (χ3v) is 3.43. The zero-order chi connectivity index (χ0) is 16.1. The normalized spacial score (nSPS) is 17.9. The van der Waals surface area contributed by atoms with Gasteiger partial charge in [0, 0.05) is 31.3 Å². The number of hydrogen-bond donors (Lipinski definition) is 2. The van der Waals surface area contributed by atoms with Crippen LogP contribution in [0.25, 0.3) is 0 Å². The number of morpholine rings is 1. The van der Waals surface area contributed by atoms with Crippen LogP contribution in [0.2, 0.25) is 0 Å². The molecular formula is C15H18N2O5. The van der Waals surface area contributed by atoms with Gasteiger partial charge in [-0.2, -0.15) is 0 Å². The SMILES string of the molecule is CNC(=O)c1cccc(C(=O)N2CCOC(CC(=O)O)C2)c1. The van der Waals surface area contributed by atoms with Crippen LogP contribution < -0.4 is 5.32 Å². The van der Waals surface area contributed by atoms with E-state index >= 15 is 0 Å². The summed E-state index contributed by atoms with van der Waals surface area (Å²) in [4.78, 5) is 36.4. The predicted octanol–water partition coefficient (Wildman–Crippen LogP) is 0.362. The zero-order valence-electron chi connectivity index (χ0n) is 12.2. The smallest absolute Gasteiger partial charge is 0.306 e. The number of aliphatic carboxylic acids is 1. The van der Waals surface area contributed by atoms with E-state index in [0.717, 1.165) is 0 Å². The van der Waals surface area contributed by atoms with Gasteiger partial charge in [0.25, 0.3) is 11.8 Å². The Morgan fingerprint density at radius 1 is 1.36 bits per heavy atom. The van der Waals surface area contributed by atoms with Gasteiger partial charge in [0.15, 0.2) is 0 Å². The highest BCUT2D eigenvalue weighted by atomic mass is 16.5. The van der Waals surface area contributed by atoms with Gasteiger partial charge in [-0.1, -0.05) is 6.07 Å². The van der Waals surface area contributed by atoms with Gasteiger partial charge in [0.05, 0.1) is 19.1 Å². The molecule has 2 N–H and O–H groups in total. The van der Waals surface area contributed by atoms with E-state index in [0.29, 0.717) is 24.3 Å². The van der Waals surface area contributed by atoms with Crippen molar-refractivity contribution in [2.24, 2.45) is 0 Å². The summed E-state index contributed by atoms with van der Waals surface area (Å²) in [6.07, 6.45) is -0.639. The molecule has 0 bridgehead atoms. The van der Waals surface area contributed by atoms with Crippen molar-refractivity contribution in [3.05, 3.63) is 35.4 Å². The molecular weight excluding hydrogens is 288 g/mol. The lowest BCUT2D eigenvalue weighted by Gasteiger charge is -2.32. The number of ether oxygens (including phenoxy) is 1. The van der Waals surface area contributed by atoms with Gasteiger partial charge in [0.2, 0.25) is 0 Å². The lowest BCUT2D eigenvalue weighted by Crippen LogP contribution is -2.46. The summed E-state index contributed by atoms with van der Waals surface area (Å²) >= 11 is 0. The maximum Gasteiger partial charge on any atom is 0.306 e. The fourth-order valence-corrected chi connectivity index (χ4v) is 2.34. The molecule has 1 saturated heterocycles. The Balaban J connectivity index is 2.10. The van der Waals surface area contributed by atoms with Gasteiger partial charge in [-0.15, -0.1) is 0 Å². The molecule has 1 heterocycles. The van der Waals surface area contributed by atoms with Crippen LogP contribution in [0.15, 0.2) is 24.3 Å². The molecule has 0 spiro atoms. The molecule has 1 aromatic carbocycles. The second kappa shape index (κ2) is 7.04. The van der Waals surface area contributed by atoms with Crippen molar-refractivity contribution in [1.29, 1.82) is 0 Å². The van der Waals surface area contributed by atoms with Gasteiger partial charge in [-0.25, -0.2) is 0 Å². The van der Waals surface area contributed by atoms with Gasteiger partial charge < -0.3 is 20.1 Å². The van der Waals surface area contributed by atoms with E-state index in [2.05, 4.69) is 5.32 Å². The van der Waals surface area contributed by atoms with Crippen LogP contribution in [0, 0.1) is 0 Å². The molecule has 1 aliphatic rings. The molecule has 1 aliphatic heterocycles. The first-order valence-corrected chi connectivity index (χ1v) is 6.96. The number of nitrogens with zero attached hydrogens (tertiary/aromatic N) is 1. The summed E-state index contributed by atoms with van der Waals surface area (Å²) in [5.74, 6) is -1.45. The summed E-state index contributed by atoms with van der Waals surface area (Å²) in [5, 5.41) is 11.3. The zero-order valence-corrected chi connectivity index (χ0v) is 12.2. The molecule has 1 unspecified atom stereocenters. The van der Waals surface area contributed by atoms with Crippen LogP contribution in [0.3, 0.4) is 0 Å². The summed E-state index contributed by atoms with van der Waals surface area (Å²) in [6.45, 7) is 0.938. The molecule has 1 aromatic rings. The highest BCUT2D eigenvalue weighted by Crippen LogP contribution is 2.14. The van der Waals surface area contributed by atoms with Crippen molar-refractivity contribution in [3.63, 3.8) is 0 Å². The average molecular weight is 306 g/mol. The Kier molecular flexibility index (Phi) is 5.11. The molecule has 118 valence electrons. The molecule has 0 aliphatic carbocycles. The number of carboxylic acids is 1. The minimum absolute atomic E-state index is 0.137. The van der Waals surface area contributed by atoms with Crippen molar-refractivity contribution < 1.29 is 24.2 Å². The van der Waals surface area contributed by atoms with Crippen LogP contribution in [0.1, 0.15) is 27.1 Å². The number of rotatable bonds is 4. The fourth-order valence-electron chi connectivity index (χ4n) is 2.34. The Labute approximate surface area is 127 Å². The first kappa shape index (κ1) is 16.0. The third kappa shape index (κ3) is 3.82. The van der Waals surface area contributed by atoms with Crippen molar-refractivity contribution in [2.75, 3.05) is 26.7 Å². The quantitative estimate of drug-likeness (QED) is 0.837. The van der Waals surface area contributed by atoms with Crippen molar-refractivity contribution in [1.82, 2.24) is 10.2 Å². The topological polar surface area (TPSA) is 95.9 Å². The summed E-state index contributed by atoms with van der Waals surface area (Å²) < 4.78 is 5.35. The van der Waals surface area contributed by atoms with Gasteiger partial charge in [-0.3, -0.25) is 14.4 Å². The molecule has 1 fully saturated rings. The molecule has 2 rings (SSSR count). The number of carboxylic acid groups (broad SMARTS) is 1. The van der Waals surface area contributed by atoms with Crippen molar-refractivity contribution >= 4 is 17.8 Å². The molecule has 2 amide bonds. The van der Waals surface area contributed by atoms with Gasteiger partial charge >= 0.3 is 5.97 Å². The van der Waals surface area contributed by atoms with E-state index in [4.69, 9.17) is 9.84 Å². The molecule has 1 atom stereocenters. The molecule has 22 heavy (non-hydrogen) atoms. The predicted molar refractivity (Wildman–Crippen MR) is 77.7 cm³/mol. The monoisotopic (exact) mass is 306 g/mol. The second-order valence-electron chi connectivity index (χ2n) is 5.00. The van der Waals surface area contributed by atoms with E-state index in [9.17, 15) is 14.4 Å². The number of benzene rings is 1. The van der Waals surface area contributed by atoms with Crippen LogP contribution >= 0.6 is 0 Å². The third-order valence-electron chi connectivity index (χ3n) is 3.43. The van der Waals surface area contributed by atoms with Crippen LogP contribution in [0.5, 0.6) is 0 Å². The van der Waals surface area contributed by atoms with E-state index in [-0.39, 0.29) is 24.8 Å². The van der Waals surface area contributed by atoms with E-state index in [1.807, 2.05) is 0 Å². The number of carbonyl (C=O) groups is 3. The number of hydrogen-bond acceptors (Lipinski definition) is 4. The maximum absolute atomic E-state index is 12.5. The summed E-state index contributed by atoms with van der Waals surface area (Å²) in [6, 6.07) is 6.44. The molecule has 0 saturated carbocycles. The van der Waals surface area contributed by atoms with Crippen molar-refractivity contribution in [3.8, 4) is 0 Å². The lowest BCUT2D eigenvalue weighted by atomic mass is 10.1. The number of carbonyl (C=O) groups excluding carboxylic acids is 2. The van der Waals surface area contributed by atoms with E-state index in [1.54, 1.807) is 23.1 Å². The highest BCUT2D eigenvalue weighted by Gasteiger charge is 2.26. The van der Waals surface area contributed by atoms with E-state index in [1.165, 1.54) is 13.1 Å². The van der Waals surface area contributed by atoms with Gasteiger partial charge in [0.1, 0.15) is 0 Å². The Morgan fingerprint density at radius 2 is 2.09 bits per heavy atom. The minimum atomic E-state index is -0.957. The maximum atomic E-state index is 12.5. The minimum Gasteiger partial charge on any atom is -0.481 e. The molecule has 0 aromatic heterocycles. The molecule has 0 radical (unpaired) electrons. The molecule has 7 heteroatoms. The average Bonchev–Trinajstić information content (AvgIpc) is 2.53. The highest BCUT2D eigenvalue weighted by molar-refractivity contribution is 5.99.